The summed E-state index contributed by atoms with van der Waals surface area (Å²) in [7, 11) is 0. The van der Waals surface area contributed by atoms with Gasteiger partial charge in [-0.3, -0.25) is 4.90 Å². The average Bonchev–Trinajstić information content (AvgIpc) is 2.85. The van der Waals surface area contributed by atoms with E-state index in [2.05, 4.69) is 6.58 Å². The number of rotatable bonds is 6. The van der Waals surface area contributed by atoms with Crippen LogP contribution in [-0.4, -0.2) is 46.8 Å². The Hall–Kier alpha value is -0.870. The summed E-state index contributed by atoms with van der Waals surface area (Å²) in [5.41, 5.74) is 0.195. The van der Waals surface area contributed by atoms with Gasteiger partial charge in [0, 0.05) is 24.7 Å². The summed E-state index contributed by atoms with van der Waals surface area (Å²) >= 11 is 0. The minimum Gasteiger partial charge on any atom is -0.478 e. The quantitative estimate of drug-likeness (QED) is 0.575. The molecule has 0 heterocycles. The van der Waals surface area contributed by atoms with Crippen molar-refractivity contribution >= 4 is 5.97 Å². The van der Waals surface area contributed by atoms with Crippen molar-refractivity contribution < 1.29 is 15.0 Å². The maximum Gasteiger partial charge on any atom is 0.332 e. The van der Waals surface area contributed by atoms with Crippen molar-refractivity contribution in [3.05, 3.63) is 12.2 Å². The Labute approximate surface area is 77.5 Å². The molecule has 1 aliphatic rings. The van der Waals surface area contributed by atoms with Crippen LogP contribution in [0.3, 0.4) is 0 Å². The number of carboxylic acid groups (broad SMARTS) is 1. The second-order valence-corrected chi connectivity index (χ2v) is 3.33. The zero-order valence-electron chi connectivity index (χ0n) is 7.57. The number of aliphatic carboxylic acids is 1. The van der Waals surface area contributed by atoms with Gasteiger partial charge in [0.2, 0.25) is 0 Å². The Morgan fingerprint density at radius 2 is 2.15 bits per heavy atom. The number of carbonyl (C=O) groups is 1. The summed E-state index contributed by atoms with van der Waals surface area (Å²) < 4.78 is 0. The van der Waals surface area contributed by atoms with Crippen molar-refractivity contribution in [1.29, 1.82) is 0 Å². The SMILES string of the molecule is C=C(CN(CCO)C1CC1)C(=O)O. The van der Waals surface area contributed by atoms with E-state index in [0.717, 1.165) is 12.8 Å². The zero-order chi connectivity index (χ0) is 9.84. The van der Waals surface area contributed by atoms with Crippen LogP contribution in [0.4, 0.5) is 0 Å². The van der Waals surface area contributed by atoms with Crippen molar-refractivity contribution in [3.8, 4) is 0 Å². The molecule has 0 aliphatic heterocycles. The van der Waals surface area contributed by atoms with Gasteiger partial charge in [0.05, 0.1) is 6.61 Å². The lowest BCUT2D eigenvalue weighted by molar-refractivity contribution is -0.132. The van der Waals surface area contributed by atoms with Gasteiger partial charge in [0.1, 0.15) is 0 Å². The second-order valence-electron chi connectivity index (χ2n) is 3.33. The van der Waals surface area contributed by atoms with E-state index in [4.69, 9.17) is 10.2 Å². The number of nitrogens with zero attached hydrogens (tertiary/aromatic N) is 1. The Kier molecular flexibility index (Phi) is 3.45. The summed E-state index contributed by atoms with van der Waals surface area (Å²) in [6, 6.07) is 0.461. The van der Waals surface area contributed by atoms with Crippen LogP contribution >= 0.6 is 0 Å². The third-order valence-electron chi connectivity index (χ3n) is 2.15. The summed E-state index contributed by atoms with van der Waals surface area (Å²) in [6.45, 7) is 4.44. The first-order valence-electron chi connectivity index (χ1n) is 4.41. The molecular formula is C9H15NO3. The molecule has 0 amide bonds. The molecular weight excluding hydrogens is 170 g/mol. The van der Waals surface area contributed by atoms with Crippen LogP contribution in [0, 0.1) is 0 Å². The number of aliphatic hydroxyl groups is 1. The molecule has 0 aromatic rings. The lowest BCUT2D eigenvalue weighted by Gasteiger charge is -2.20. The highest BCUT2D eigenvalue weighted by atomic mass is 16.4. The van der Waals surface area contributed by atoms with E-state index in [1.807, 2.05) is 4.90 Å². The highest BCUT2D eigenvalue weighted by Gasteiger charge is 2.29. The maximum atomic E-state index is 10.5. The fourth-order valence-electron chi connectivity index (χ4n) is 1.27. The first-order valence-corrected chi connectivity index (χ1v) is 4.41. The normalized spacial score (nSPS) is 16.2. The predicted octanol–water partition coefficient (Wildman–Crippen LogP) is 0.0839. The monoisotopic (exact) mass is 185 g/mol. The van der Waals surface area contributed by atoms with Crippen LogP contribution in [0.15, 0.2) is 12.2 Å². The molecule has 0 spiro atoms. The van der Waals surface area contributed by atoms with Gasteiger partial charge in [-0.1, -0.05) is 6.58 Å². The summed E-state index contributed by atoms with van der Waals surface area (Å²) in [6.07, 6.45) is 2.21. The summed E-state index contributed by atoms with van der Waals surface area (Å²) in [5, 5.41) is 17.4. The van der Waals surface area contributed by atoms with Gasteiger partial charge in [0.25, 0.3) is 0 Å². The van der Waals surface area contributed by atoms with Gasteiger partial charge in [0.15, 0.2) is 0 Å². The molecule has 1 saturated carbocycles. The van der Waals surface area contributed by atoms with Crippen LogP contribution in [0.5, 0.6) is 0 Å². The van der Waals surface area contributed by atoms with Gasteiger partial charge in [-0.15, -0.1) is 0 Å². The molecule has 1 aliphatic carbocycles. The molecule has 13 heavy (non-hydrogen) atoms. The molecule has 0 aromatic carbocycles. The van der Waals surface area contributed by atoms with E-state index < -0.39 is 5.97 Å². The van der Waals surface area contributed by atoms with Crippen LogP contribution in [-0.2, 0) is 4.79 Å². The number of hydrogen-bond acceptors (Lipinski definition) is 3. The Bertz CT molecular complexity index is 211. The minimum atomic E-state index is -0.955. The molecule has 74 valence electrons. The van der Waals surface area contributed by atoms with Gasteiger partial charge in [-0.2, -0.15) is 0 Å². The highest BCUT2D eigenvalue weighted by molar-refractivity contribution is 5.86. The molecule has 0 radical (unpaired) electrons. The first kappa shape index (κ1) is 10.2. The van der Waals surface area contributed by atoms with Crippen LogP contribution in [0.2, 0.25) is 0 Å². The lowest BCUT2D eigenvalue weighted by atomic mass is 10.3. The molecule has 1 rings (SSSR count). The van der Waals surface area contributed by atoms with Crippen molar-refractivity contribution in [3.63, 3.8) is 0 Å². The van der Waals surface area contributed by atoms with E-state index in [-0.39, 0.29) is 12.2 Å². The van der Waals surface area contributed by atoms with Crippen molar-refractivity contribution in [2.45, 2.75) is 18.9 Å². The molecule has 4 heteroatoms. The predicted molar refractivity (Wildman–Crippen MR) is 48.5 cm³/mol. The molecule has 0 aromatic heterocycles. The van der Waals surface area contributed by atoms with E-state index in [9.17, 15) is 4.79 Å². The Morgan fingerprint density at radius 1 is 1.54 bits per heavy atom. The van der Waals surface area contributed by atoms with E-state index >= 15 is 0 Å². The summed E-state index contributed by atoms with van der Waals surface area (Å²) in [4.78, 5) is 12.5. The Balaban J connectivity index is 2.37. The van der Waals surface area contributed by atoms with E-state index in [0.29, 0.717) is 19.1 Å². The molecule has 2 N–H and O–H groups in total. The molecule has 0 unspecified atom stereocenters. The van der Waals surface area contributed by atoms with Crippen molar-refractivity contribution in [2.75, 3.05) is 19.7 Å². The van der Waals surface area contributed by atoms with Gasteiger partial charge in [-0.25, -0.2) is 4.79 Å². The topological polar surface area (TPSA) is 60.8 Å². The second kappa shape index (κ2) is 4.39. The number of hydrogen-bond donors (Lipinski definition) is 2. The van der Waals surface area contributed by atoms with E-state index in [1.165, 1.54) is 0 Å². The van der Waals surface area contributed by atoms with Crippen molar-refractivity contribution in [1.82, 2.24) is 4.90 Å². The van der Waals surface area contributed by atoms with Crippen LogP contribution in [0.25, 0.3) is 0 Å². The number of aliphatic hydroxyl groups excluding tert-OH is 1. The number of carboxylic acids is 1. The highest BCUT2D eigenvalue weighted by Crippen LogP contribution is 2.26. The molecule has 1 fully saturated rings. The Morgan fingerprint density at radius 3 is 2.54 bits per heavy atom. The standard InChI is InChI=1S/C9H15NO3/c1-7(9(12)13)6-10(4-5-11)8-2-3-8/h8,11H,1-6H2,(H,12,13). The van der Waals surface area contributed by atoms with Gasteiger partial charge in [-0.05, 0) is 12.8 Å². The summed E-state index contributed by atoms with van der Waals surface area (Å²) in [5.74, 6) is -0.955. The van der Waals surface area contributed by atoms with Crippen molar-refractivity contribution in [2.24, 2.45) is 0 Å². The fourth-order valence-corrected chi connectivity index (χ4v) is 1.27. The third kappa shape index (κ3) is 3.16. The van der Waals surface area contributed by atoms with Crippen LogP contribution in [0.1, 0.15) is 12.8 Å². The molecule has 0 saturated heterocycles. The molecule has 0 bridgehead atoms. The third-order valence-corrected chi connectivity index (χ3v) is 2.15. The molecule has 4 nitrogen and oxygen atoms in total. The van der Waals surface area contributed by atoms with E-state index in [1.54, 1.807) is 0 Å². The largest absolute Gasteiger partial charge is 0.478 e. The zero-order valence-corrected chi connectivity index (χ0v) is 7.57. The first-order chi connectivity index (χ1) is 6.15. The fraction of sp³-hybridized carbons (Fsp3) is 0.667. The smallest absolute Gasteiger partial charge is 0.332 e. The van der Waals surface area contributed by atoms with Gasteiger partial charge < -0.3 is 10.2 Å². The minimum absolute atomic E-state index is 0.0728. The van der Waals surface area contributed by atoms with Crippen LogP contribution < -0.4 is 0 Å². The lowest BCUT2D eigenvalue weighted by Crippen LogP contribution is -2.32. The molecule has 0 atom stereocenters. The van der Waals surface area contributed by atoms with Gasteiger partial charge >= 0.3 is 5.97 Å². The maximum absolute atomic E-state index is 10.5. The average molecular weight is 185 g/mol.